The van der Waals surface area contributed by atoms with Crippen LogP contribution in [0, 0.1) is 13.8 Å². The van der Waals surface area contributed by atoms with E-state index in [1.54, 1.807) is 0 Å². The number of hydrogen-bond donors (Lipinski definition) is 1. The van der Waals surface area contributed by atoms with Gasteiger partial charge < -0.3 is 9.88 Å². The van der Waals surface area contributed by atoms with Crippen LogP contribution in [-0.4, -0.2) is 58.0 Å². The zero-order valence-electron chi connectivity index (χ0n) is 17.5. The Labute approximate surface area is 172 Å². The number of hydrogen-bond acceptors (Lipinski definition) is 4. The maximum Gasteiger partial charge on any atom is 0.238 e. The van der Waals surface area contributed by atoms with Crippen molar-refractivity contribution in [1.29, 1.82) is 0 Å². The van der Waals surface area contributed by atoms with Crippen LogP contribution in [0.3, 0.4) is 0 Å². The lowest BCUT2D eigenvalue weighted by atomic mass is 10.1. The molecule has 152 valence electrons. The molecule has 6 nitrogen and oxygen atoms in total. The van der Waals surface area contributed by atoms with Crippen LogP contribution in [0.4, 0.5) is 5.69 Å². The van der Waals surface area contributed by atoms with Gasteiger partial charge in [-0.25, -0.2) is 4.98 Å². The van der Waals surface area contributed by atoms with E-state index in [4.69, 9.17) is 4.98 Å². The minimum atomic E-state index is 0.0579. The average Bonchev–Trinajstić information content (AvgIpc) is 3.02. The first-order valence-corrected chi connectivity index (χ1v) is 10.2. The van der Waals surface area contributed by atoms with Crippen LogP contribution in [-0.2, 0) is 18.4 Å². The summed E-state index contributed by atoms with van der Waals surface area (Å²) in [4.78, 5) is 21.9. The predicted molar refractivity (Wildman–Crippen MR) is 117 cm³/mol. The monoisotopic (exact) mass is 391 g/mol. The number of nitrogens with one attached hydrogen (secondary N) is 1. The Bertz CT molecular complexity index is 1020. The maximum atomic E-state index is 12.5. The number of carbonyl (C=O) groups is 1. The number of aryl methyl sites for hydroxylation is 3. The van der Waals surface area contributed by atoms with Crippen LogP contribution in [0.5, 0.6) is 0 Å². The summed E-state index contributed by atoms with van der Waals surface area (Å²) in [7, 11) is 2.08. The third kappa shape index (κ3) is 4.49. The van der Waals surface area contributed by atoms with Gasteiger partial charge in [0, 0.05) is 38.9 Å². The van der Waals surface area contributed by atoms with Gasteiger partial charge in [-0.05, 0) is 43.2 Å². The van der Waals surface area contributed by atoms with Crippen LogP contribution in [0.25, 0.3) is 11.0 Å². The van der Waals surface area contributed by atoms with Gasteiger partial charge in [-0.15, -0.1) is 0 Å². The van der Waals surface area contributed by atoms with Crippen LogP contribution in [0.1, 0.15) is 17.0 Å². The largest absolute Gasteiger partial charge is 0.330 e. The number of carbonyl (C=O) groups excluding carboxylic acids is 1. The number of amides is 1. The maximum absolute atomic E-state index is 12.5. The van der Waals surface area contributed by atoms with Crippen molar-refractivity contribution < 1.29 is 4.79 Å². The van der Waals surface area contributed by atoms with Crippen molar-refractivity contribution in [2.45, 2.75) is 20.4 Å². The van der Waals surface area contributed by atoms with Crippen molar-refractivity contribution >= 4 is 22.6 Å². The van der Waals surface area contributed by atoms with Crippen molar-refractivity contribution in [3.8, 4) is 0 Å². The number of imidazole rings is 1. The fraction of sp³-hybridized carbons (Fsp3) is 0.391. The number of benzene rings is 2. The molecule has 0 aliphatic carbocycles. The van der Waals surface area contributed by atoms with Crippen molar-refractivity contribution in [3.63, 3.8) is 0 Å². The summed E-state index contributed by atoms with van der Waals surface area (Å²) in [5, 5.41) is 3.06. The number of piperazine rings is 1. The van der Waals surface area contributed by atoms with E-state index >= 15 is 0 Å². The highest BCUT2D eigenvalue weighted by atomic mass is 16.2. The second-order valence-electron chi connectivity index (χ2n) is 7.99. The van der Waals surface area contributed by atoms with Crippen LogP contribution in [0.15, 0.2) is 42.5 Å². The predicted octanol–water partition coefficient (Wildman–Crippen LogP) is 2.95. The molecule has 4 rings (SSSR count). The topological polar surface area (TPSA) is 53.4 Å². The van der Waals surface area contributed by atoms with E-state index in [9.17, 15) is 4.79 Å². The number of fused-ring (bicyclic) bond motifs is 1. The number of anilines is 1. The van der Waals surface area contributed by atoms with Crippen molar-refractivity contribution in [1.82, 2.24) is 19.4 Å². The standard InChI is InChI=1S/C23H29N5O/c1-17-8-9-18(2)20(14-17)25-23(29)16-28-12-10-27(11-13-28)15-22-24-19-6-4-5-7-21(19)26(22)3/h4-9,14H,10-13,15-16H2,1-3H3,(H,25,29). The fourth-order valence-corrected chi connectivity index (χ4v) is 3.91. The quantitative estimate of drug-likeness (QED) is 0.727. The summed E-state index contributed by atoms with van der Waals surface area (Å²) >= 11 is 0. The molecule has 6 heteroatoms. The minimum Gasteiger partial charge on any atom is -0.330 e. The van der Waals surface area contributed by atoms with Gasteiger partial charge >= 0.3 is 0 Å². The molecule has 1 saturated heterocycles. The summed E-state index contributed by atoms with van der Waals surface area (Å²) in [6, 6.07) is 14.4. The molecule has 1 fully saturated rings. The highest BCUT2D eigenvalue weighted by molar-refractivity contribution is 5.93. The van der Waals surface area contributed by atoms with Crippen LogP contribution in [0.2, 0.25) is 0 Å². The normalized spacial score (nSPS) is 15.7. The van der Waals surface area contributed by atoms with E-state index in [0.717, 1.165) is 60.9 Å². The molecule has 0 saturated carbocycles. The average molecular weight is 392 g/mol. The summed E-state index contributed by atoms with van der Waals surface area (Å²) in [6.07, 6.45) is 0. The molecule has 0 radical (unpaired) electrons. The van der Waals surface area contributed by atoms with Gasteiger partial charge in [-0.3, -0.25) is 14.6 Å². The van der Waals surface area contributed by atoms with E-state index in [-0.39, 0.29) is 5.91 Å². The molecule has 1 aliphatic heterocycles. The molecule has 2 heterocycles. The summed E-state index contributed by atoms with van der Waals surface area (Å²) in [5.74, 6) is 1.15. The second-order valence-corrected chi connectivity index (χ2v) is 7.99. The van der Waals surface area contributed by atoms with Gasteiger partial charge in [0.1, 0.15) is 5.82 Å². The van der Waals surface area contributed by atoms with E-state index in [1.165, 1.54) is 5.52 Å². The van der Waals surface area contributed by atoms with Gasteiger partial charge in [0.25, 0.3) is 0 Å². The van der Waals surface area contributed by atoms with Crippen LogP contribution >= 0.6 is 0 Å². The van der Waals surface area contributed by atoms with Gasteiger partial charge in [-0.2, -0.15) is 0 Å². The fourth-order valence-electron chi connectivity index (χ4n) is 3.91. The highest BCUT2D eigenvalue weighted by Gasteiger charge is 2.21. The molecule has 1 aromatic heterocycles. The molecule has 3 aromatic rings. The Balaban J connectivity index is 1.29. The lowest BCUT2D eigenvalue weighted by Gasteiger charge is -2.34. The molecular weight excluding hydrogens is 362 g/mol. The van der Waals surface area contributed by atoms with Gasteiger partial charge in [0.2, 0.25) is 5.91 Å². The Morgan fingerprint density at radius 3 is 2.52 bits per heavy atom. The first-order chi connectivity index (χ1) is 14.0. The van der Waals surface area contributed by atoms with Gasteiger partial charge in [0.15, 0.2) is 0 Å². The lowest BCUT2D eigenvalue weighted by molar-refractivity contribution is -0.117. The van der Waals surface area contributed by atoms with Crippen molar-refractivity contribution in [3.05, 3.63) is 59.4 Å². The van der Waals surface area contributed by atoms with Gasteiger partial charge in [-0.1, -0.05) is 24.3 Å². The third-order valence-corrected chi connectivity index (χ3v) is 5.74. The highest BCUT2D eigenvalue weighted by Crippen LogP contribution is 2.18. The third-order valence-electron chi connectivity index (χ3n) is 5.74. The smallest absolute Gasteiger partial charge is 0.238 e. The Morgan fingerprint density at radius 1 is 1.03 bits per heavy atom. The SMILES string of the molecule is Cc1ccc(C)c(NC(=O)CN2CCN(Cc3nc4ccccc4n3C)CC2)c1. The molecular formula is C23H29N5O. The molecule has 1 aliphatic rings. The number of aromatic nitrogens is 2. The number of para-hydroxylation sites is 2. The number of nitrogens with zero attached hydrogens (tertiary/aromatic N) is 4. The summed E-state index contributed by atoms with van der Waals surface area (Å²) in [5.41, 5.74) is 5.38. The lowest BCUT2D eigenvalue weighted by Crippen LogP contribution is -2.48. The van der Waals surface area contributed by atoms with Gasteiger partial charge in [0.05, 0.1) is 24.1 Å². The van der Waals surface area contributed by atoms with E-state index in [1.807, 2.05) is 32.0 Å². The first kappa shape index (κ1) is 19.6. The zero-order valence-corrected chi connectivity index (χ0v) is 17.5. The minimum absolute atomic E-state index is 0.0579. The molecule has 0 atom stereocenters. The Morgan fingerprint density at radius 2 is 1.76 bits per heavy atom. The molecule has 0 bridgehead atoms. The first-order valence-electron chi connectivity index (χ1n) is 10.2. The van der Waals surface area contributed by atoms with Crippen molar-refractivity contribution in [2.24, 2.45) is 7.05 Å². The van der Waals surface area contributed by atoms with E-state index in [2.05, 4.69) is 51.0 Å². The summed E-state index contributed by atoms with van der Waals surface area (Å²) < 4.78 is 2.18. The van der Waals surface area contributed by atoms with E-state index < -0.39 is 0 Å². The molecule has 2 aromatic carbocycles. The number of rotatable bonds is 5. The molecule has 29 heavy (non-hydrogen) atoms. The molecule has 0 spiro atoms. The molecule has 1 amide bonds. The van der Waals surface area contributed by atoms with Crippen LogP contribution < -0.4 is 5.32 Å². The van der Waals surface area contributed by atoms with Crippen molar-refractivity contribution in [2.75, 3.05) is 38.0 Å². The molecule has 1 N–H and O–H groups in total. The Hall–Kier alpha value is -2.70. The summed E-state index contributed by atoms with van der Waals surface area (Å²) in [6.45, 7) is 9.02. The second kappa shape index (κ2) is 8.35. The van der Waals surface area contributed by atoms with E-state index in [0.29, 0.717) is 6.54 Å². The Kier molecular flexibility index (Phi) is 5.65. The zero-order chi connectivity index (χ0) is 20.4. The molecule has 0 unspecified atom stereocenters.